The van der Waals surface area contributed by atoms with E-state index in [-0.39, 0.29) is 22.8 Å². The lowest BCUT2D eigenvalue weighted by Crippen LogP contribution is -2.40. The predicted octanol–water partition coefficient (Wildman–Crippen LogP) is 2.81. The zero-order chi connectivity index (χ0) is 18.7. The summed E-state index contributed by atoms with van der Waals surface area (Å²) in [6, 6.07) is 9.09. The molecule has 0 aromatic heterocycles. The molecule has 1 unspecified atom stereocenters. The second-order valence-corrected chi connectivity index (χ2v) is 7.27. The SMILES string of the molecule is COc1ccc(F)cc1S(=O)(=O)NCC(C)(OC)c1ccccc1F. The van der Waals surface area contributed by atoms with Gasteiger partial charge in [-0.2, -0.15) is 0 Å². The topological polar surface area (TPSA) is 64.6 Å². The minimum atomic E-state index is -4.11. The van der Waals surface area contributed by atoms with E-state index in [0.29, 0.717) is 0 Å². The van der Waals surface area contributed by atoms with E-state index in [0.717, 1.165) is 12.1 Å². The first-order valence-corrected chi connectivity index (χ1v) is 8.85. The van der Waals surface area contributed by atoms with Gasteiger partial charge in [0.05, 0.1) is 7.11 Å². The van der Waals surface area contributed by atoms with Crippen LogP contribution in [0.15, 0.2) is 47.4 Å². The van der Waals surface area contributed by atoms with Crippen molar-refractivity contribution in [3.63, 3.8) is 0 Å². The van der Waals surface area contributed by atoms with Gasteiger partial charge in [0, 0.05) is 19.2 Å². The van der Waals surface area contributed by atoms with Crippen molar-refractivity contribution >= 4 is 10.0 Å². The first-order valence-electron chi connectivity index (χ1n) is 7.37. The van der Waals surface area contributed by atoms with E-state index in [1.165, 1.54) is 38.5 Å². The molecule has 2 aromatic carbocycles. The summed E-state index contributed by atoms with van der Waals surface area (Å²) < 4.78 is 65.2. The van der Waals surface area contributed by atoms with Gasteiger partial charge < -0.3 is 9.47 Å². The second kappa shape index (κ2) is 7.47. The van der Waals surface area contributed by atoms with Crippen LogP contribution in [0.4, 0.5) is 8.78 Å². The van der Waals surface area contributed by atoms with Crippen LogP contribution in [0.2, 0.25) is 0 Å². The van der Waals surface area contributed by atoms with Gasteiger partial charge in [0.2, 0.25) is 10.0 Å². The Labute approximate surface area is 145 Å². The molecule has 25 heavy (non-hydrogen) atoms. The molecular formula is C17H19F2NO4S. The highest BCUT2D eigenvalue weighted by Gasteiger charge is 2.32. The van der Waals surface area contributed by atoms with Crippen LogP contribution in [0, 0.1) is 11.6 Å². The van der Waals surface area contributed by atoms with Crippen molar-refractivity contribution < 1.29 is 26.7 Å². The smallest absolute Gasteiger partial charge is 0.244 e. The number of benzene rings is 2. The third kappa shape index (κ3) is 4.15. The van der Waals surface area contributed by atoms with Gasteiger partial charge in [-0.1, -0.05) is 18.2 Å². The predicted molar refractivity (Wildman–Crippen MR) is 88.9 cm³/mol. The molecule has 2 rings (SSSR count). The maximum atomic E-state index is 14.1. The van der Waals surface area contributed by atoms with Gasteiger partial charge >= 0.3 is 0 Å². The lowest BCUT2D eigenvalue weighted by atomic mass is 9.95. The molecule has 136 valence electrons. The molecule has 0 bridgehead atoms. The molecule has 0 radical (unpaired) electrons. The van der Waals surface area contributed by atoms with Crippen LogP contribution in [0.3, 0.4) is 0 Å². The number of hydrogen-bond acceptors (Lipinski definition) is 4. The Bertz CT molecular complexity index is 857. The second-order valence-electron chi connectivity index (χ2n) is 5.53. The molecule has 0 aliphatic heterocycles. The number of methoxy groups -OCH3 is 2. The van der Waals surface area contributed by atoms with Gasteiger partial charge in [0.15, 0.2) is 0 Å². The Kier molecular flexibility index (Phi) is 5.76. The lowest BCUT2D eigenvalue weighted by Gasteiger charge is -2.29. The van der Waals surface area contributed by atoms with E-state index in [1.807, 2.05) is 0 Å². The van der Waals surface area contributed by atoms with E-state index in [2.05, 4.69) is 4.72 Å². The normalized spacial score (nSPS) is 14.1. The Morgan fingerprint density at radius 3 is 2.40 bits per heavy atom. The standard InChI is InChI=1S/C17H19F2NO4S/c1-17(24-3,13-6-4-5-7-14(13)19)11-20-25(21,22)16-10-12(18)8-9-15(16)23-2/h4-10,20H,11H2,1-3H3. The van der Waals surface area contributed by atoms with E-state index in [4.69, 9.17) is 9.47 Å². The van der Waals surface area contributed by atoms with Crippen LogP contribution in [0.25, 0.3) is 0 Å². The van der Waals surface area contributed by atoms with Crippen LogP contribution in [-0.2, 0) is 20.4 Å². The Morgan fingerprint density at radius 2 is 1.80 bits per heavy atom. The Morgan fingerprint density at radius 1 is 1.12 bits per heavy atom. The minimum absolute atomic E-state index is 0.00101. The number of hydrogen-bond donors (Lipinski definition) is 1. The lowest BCUT2D eigenvalue weighted by molar-refractivity contribution is 0.00409. The van der Waals surface area contributed by atoms with Crippen molar-refractivity contribution in [2.75, 3.05) is 20.8 Å². The van der Waals surface area contributed by atoms with Crippen LogP contribution in [-0.4, -0.2) is 29.2 Å². The van der Waals surface area contributed by atoms with Crippen molar-refractivity contribution in [1.82, 2.24) is 4.72 Å². The number of ether oxygens (including phenoxy) is 2. The molecule has 5 nitrogen and oxygen atoms in total. The molecule has 0 saturated heterocycles. The van der Waals surface area contributed by atoms with Crippen molar-refractivity contribution in [3.8, 4) is 5.75 Å². The molecule has 2 aromatic rings. The maximum absolute atomic E-state index is 14.1. The van der Waals surface area contributed by atoms with Gasteiger partial charge in [0.25, 0.3) is 0 Å². The van der Waals surface area contributed by atoms with Crippen molar-refractivity contribution in [2.24, 2.45) is 0 Å². The highest BCUT2D eigenvalue weighted by molar-refractivity contribution is 7.89. The quantitative estimate of drug-likeness (QED) is 0.813. The Balaban J connectivity index is 2.32. The molecule has 0 amide bonds. The first-order chi connectivity index (χ1) is 11.7. The van der Waals surface area contributed by atoms with Gasteiger partial charge in [-0.25, -0.2) is 21.9 Å². The number of sulfonamides is 1. The van der Waals surface area contributed by atoms with E-state index >= 15 is 0 Å². The maximum Gasteiger partial charge on any atom is 0.244 e. The van der Waals surface area contributed by atoms with Gasteiger partial charge in [-0.3, -0.25) is 0 Å². The fourth-order valence-electron chi connectivity index (χ4n) is 2.34. The highest BCUT2D eigenvalue weighted by atomic mass is 32.2. The molecule has 0 spiro atoms. The van der Waals surface area contributed by atoms with Gasteiger partial charge in [-0.15, -0.1) is 0 Å². The van der Waals surface area contributed by atoms with Crippen molar-refractivity contribution in [3.05, 3.63) is 59.7 Å². The molecule has 0 aliphatic carbocycles. The van der Waals surface area contributed by atoms with E-state index < -0.39 is 27.3 Å². The van der Waals surface area contributed by atoms with Gasteiger partial charge in [0.1, 0.15) is 27.9 Å². The molecule has 0 fully saturated rings. The zero-order valence-corrected chi connectivity index (χ0v) is 14.9. The number of halogens is 2. The fourth-order valence-corrected chi connectivity index (χ4v) is 3.64. The van der Waals surface area contributed by atoms with E-state index in [9.17, 15) is 17.2 Å². The van der Waals surface area contributed by atoms with Crippen molar-refractivity contribution in [2.45, 2.75) is 17.4 Å². The first kappa shape index (κ1) is 19.3. The number of nitrogens with one attached hydrogen (secondary N) is 1. The highest BCUT2D eigenvalue weighted by Crippen LogP contribution is 2.28. The summed E-state index contributed by atoms with van der Waals surface area (Å²) in [5, 5.41) is 0. The van der Waals surface area contributed by atoms with Gasteiger partial charge in [-0.05, 0) is 31.2 Å². The van der Waals surface area contributed by atoms with Crippen LogP contribution in [0.1, 0.15) is 12.5 Å². The molecule has 0 heterocycles. The molecule has 1 N–H and O–H groups in total. The molecular weight excluding hydrogens is 352 g/mol. The third-order valence-electron chi connectivity index (χ3n) is 3.91. The molecule has 0 saturated carbocycles. The largest absolute Gasteiger partial charge is 0.495 e. The summed E-state index contributed by atoms with van der Waals surface area (Å²) in [6.45, 7) is 1.29. The summed E-state index contributed by atoms with van der Waals surface area (Å²) in [6.07, 6.45) is 0. The average Bonchev–Trinajstić information content (AvgIpc) is 2.60. The third-order valence-corrected chi connectivity index (χ3v) is 5.33. The monoisotopic (exact) mass is 371 g/mol. The van der Waals surface area contributed by atoms with Crippen LogP contribution in [0.5, 0.6) is 5.75 Å². The van der Waals surface area contributed by atoms with Crippen molar-refractivity contribution in [1.29, 1.82) is 0 Å². The average molecular weight is 371 g/mol. The van der Waals surface area contributed by atoms with E-state index in [1.54, 1.807) is 13.0 Å². The molecule has 1 atom stereocenters. The molecule has 0 aliphatic rings. The minimum Gasteiger partial charge on any atom is -0.495 e. The summed E-state index contributed by atoms with van der Waals surface area (Å²) >= 11 is 0. The summed E-state index contributed by atoms with van der Waals surface area (Å²) in [5.41, 5.74) is -1.05. The van der Waals surface area contributed by atoms with Crippen LogP contribution < -0.4 is 9.46 Å². The fraction of sp³-hybridized carbons (Fsp3) is 0.294. The Hall–Kier alpha value is -2.03. The summed E-state index contributed by atoms with van der Waals surface area (Å²) in [4.78, 5) is -0.345. The summed E-state index contributed by atoms with van der Waals surface area (Å²) in [5.74, 6) is -1.24. The number of rotatable bonds is 7. The zero-order valence-electron chi connectivity index (χ0n) is 14.0. The molecule has 8 heteroatoms. The van der Waals surface area contributed by atoms with Crippen LogP contribution >= 0.6 is 0 Å². The summed E-state index contributed by atoms with van der Waals surface area (Å²) in [7, 11) is -1.47.